The van der Waals surface area contributed by atoms with E-state index in [0.29, 0.717) is 12.6 Å². The maximum atomic E-state index is 5.57. The Labute approximate surface area is 108 Å². The van der Waals surface area contributed by atoms with E-state index in [9.17, 15) is 0 Å². The van der Waals surface area contributed by atoms with Crippen LogP contribution in [0.25, 0.3) is 0 Å². The maximum absolute atomic E-state index is 5.57. The van der Waals surface area contributed by atoms with Crippen molar-refractivity contribution in [1.82, 2.24) is 10.6 Å². The summed E-state index contributed by atoms with van der Waals surface area (Å²) in [5.41, 5.74) is 0. The quantitative estimate of drug-likeness (QED) is 0.615. The van der Waals surface area contributed by atoms with Gasteiger partial charge in [0.05, 0.1) is 12.4 Å². The molecule has 1 aromatic rings. The molecule has 1 saturated heterocycles. The van der Waals surface area contributed by atoms with Crippen molar-refractivity contribution in [3.05, 3.63) is 24.2 Å². The van der Waals surface area contributed by atoms with Gasteiger partial charge < -0.3 is 19.8 Å². The molecule has 0 aliphatic carbocycles. The first-order valence-electron chi connectivity index (χ1n) is 6.54. The molecule has 1 aliphatic rings. The Bertz CT molecular complexity index is 356. The van der Waals surface area contributed by atoms with Crippen molar-refractivity contribution in [2.45, 2.75) is 32.4 Å². The Hall–Kier alpha value is -1.49. The topological polar surface area (TPSA) is 58.8 Å². The number of nitrogens with one attached hydrogen (secondary N) is 2. The van der Waals surface area contributed by atoms with Gasteiger partial charge in [0.25, 0.3) is 0 Å². The average molecular weight is 251 g/mol. The van der Waals surface area contributed by atoms with Crippen molar-refractivity contribution in [3.8, 4) is 0 Å². The van der Waals surface area contributed by atoms with E-state index in [2.05, 4.69) is 22.5 Å². The summed E-state index contributed by atoms with van der Waals surface area (Å²) in [5.74, 6) is 1.67. The Morgan fingerprint density at radius 2 is 2.44 bits per heavy atom. The maximum Gasteiger partial charge on any atom is 0.191 e. The molecule has 2 N–H and O–H groups in total. The predicted octanol–water partition coefficient (Wildman–Crippen LogP) is 1.51. The van der Waals surface area contributed by atoms with Gasteiger partial charge in [0.15, 0.2) is 5.96 Å². The standard InChI is InChI=1S/C13H21N3O2/c1-2-14-13(15-9-11-5-3-7-17-11)16-10-12-6-4-8-18-12/h3,5,7,12H,2,4,6,8-10H2,1H3,(H2,14,15,16). The molecule has 1 fully saturated rings. The molecule has 1 aromatic heterocycles. The van der Waals surface area contributed by atoms with Crippen LogP contribution in [0.1, 0.15) is 25.5 Å². The molecule has 2 rings (SSSR count). The van der Waals surface area contributed by atoms with Crippen LogP contribution in [-0.2, 0) is 11.3 Å². The second-order valence-electron chi connectivity index (χ2n) is 4.29. The highest BCUT2D eigenvalue weighted by molar-refractivity contribution is 5.79. The number of furan rings is 1. The molecule has 1 atom stereocenters. The number of aliphatic imine (C=N–C) groups is 1. The zero-order chi connectivity index (χ0) is 12.6. The number of guanidine groups is 1. The summed E-state index contributed by atoms with van der Waals surface area (Å²) < 4.78 is 10.8. The summed E-state index contributed by atoms with van der Waals surface area (Å²) in [5, 5.41) is 6.51. The molecule has 100 valence electrons. The summed E-state index contributed by atoms with van der Waals surface area (Å²) in [4.78, 5) is 4.46. The lowest BCUT2D eigenvalue weighted by atomic mass is 10.2. The Morgan fingerprint density at radius 1 is 1.50 bits per heavy atom. The molecule has 18 heavy (non-hydrogen) atoms. The van der Waals surface area contributed by atoms with Crippen molar-refractivity contribution >= 4 is 5.96 Å². The smallest absolute Gasteiger partial charge is 0.191 e. The molecule has 5 nitrogen and oxygen atoms in total. The molecule has 0 spiro atoms. The van der Waals surface area contributed by atoms with Gasteiger partial charge in [0, 0.05) is 19.7 Å². The summed E-state index contributed by atoms with van der Waals surface area (Å²) in [7, 11) is 0. The largest absolute Gasteiger partial charge is 0.467 e. The molecule has 0 radical (unpaired) electrons. The number of ether oxygens (including phenoxy) is 1. The Balaban J connectivity index is 1.80. The van der Waals surface area contributed by atoms with Crippen molar-refractivity contribution in [1.29, 1.82) is 0 Å². The molecule has 2 heterocycles. The molecule has 0 aromatic carbocycles. The zero-order valence-electron chi connectivity index (χ0n) is 10.8. The highest BCUT2D eigenvalue weighted by Crippen LogP contribution is 2.10. The lowest BCUT2D eigenvalue weighted by Gasteiger charge is -2.14. The normalized spacial score (nSPS) is 20.1. The minimum absolute atomic E-state index is 0.317. The van der Waals surface area contributed by atoms with E-state index in [-0.39, 0.29) is 0 Å². The fourth-order valence-electron chi connectivity index (χ4n) is 1.92. The van der Waals surface area contributed by atoms with Crippen molar-refractivity contribution < 1.29 is 9.15 Å². The van der Waals surface area contributed by atoms with Gasteiger partial charge in [-0.1, -0.05) is 0 Å². The van der Waals surface area contributed by atoms with E-state index in [0.717, 1.165) is 44.3 Å². The third-order valence-electron chi connectivity index (χ3n) is 2.84. The van der Waals surface area contributed by atoms with E-state index in [1.165, 1.54) is 0 Å². The lowest BCUT2D eigenvalue weighted by Crippen LogP contribution is -2.41. The number of hydrogen-bond donors (Lipinski definition) is 2. The van der Waals surface area contributed by atoms with Crippen LogP contribution in [-0.4, -0.2) is 31.8 Å². The summed E-state index contributed by atoms with van der Waals surface area (Å²) in [6.45, 7) is 5.13. The Morgan fingerprint density at radius 3 is 3.11 bits per heavy atom. The molecule has 0 amide bonds. The van der Waals surface area contributed by atoms with Crippen LogP contribution >= 0.6 is 0 Å². The van der Waals surface area contributed by atoms with E-state index < -0.39 is 0 Å². The first kappa shape index (κ1) is 13.0. The highest BCUT2D eigenvalue weighted by Gasteiger charge is 2.15. The van der Waals surface area contributed by atoms with Crippen molar-refractivity contribution in [3.63, 3.8) is 0 Å². The molecule has 0 bridgehead atoms. The molecule has 0 saturated carbocycles. The molecule has 1 aliphatic heterocycles. The summed E-state index contributed by atoms with van der Waals surface area (Å²) in [6.07, 6.45) is 4.27. The van der Waals surface area contributed by atoms with Crippen molar-refractivity contribution in [2.75, 3.05) is 19.7 Å². The summed E-state index contributed by atoms with van der Waals surface area (Å²) in [6, 6.07) is 3.80. The molecule has 1 unspecified atom stereocenters. The van der Waals surface area contributed by atoms with Gasteiger partial charge in [-0.2, -0.15) is 0 Å². The van der Waals surface area contributed by atoms with Crippen LogP contribution in [0.5, 0.6) is 0 Å². The van der Waals surface area contributed by atoms with Crippen LogP contribution in [0.2, 0.25) is 0 Å². The van der Waals surface area contributed by atoms with Gasteiger partial charge in [-0.15, -0.1) is 0 Å². The first-order chi connectivity index (χ1) is 8.88. The predicted molar refractivity (Wildman–Crippen MR) is 70.5 cm³/mol. The van der Waals surface area contributed by atoms with E-state index in [4.69, 9.17) is 9.15 Å². The monoisotopic (exact) mass is 251 g/mol. The Kier molecular flexibility index (Phi) is 5.08. The van der Waals surface area contributed by atoms with Crippen LogP contribution in [0.15, 0.2) is 27.8 Å². The SMILES string of the molecule is CCNC(=NCc1ccco1)NCC1CCCO1. The molecule has 5 heteroatoms. The lowest BCUT2D eigenvalue weighted by molar-refractivity contribution is 0.114. The van der Waals surface area contributed by atoms with Crippen molar-refractivity contribution in [2.24, 2.45) is 4.99 Å². The summed E-state index contributed by atoms with van der Waals surface area (Å²) >= 11 is 0. The van der Waals surface area contributed by atoms with Crippen LogP contribution < -0.4 is 10.6 Å². The second kappa shape index (κ2) is 7.06. The van der Waals surface area contributed by atoms with Crippen LogP contribution in [0, 0.1) is 0 Å². The first-order valence-corrected chi connectivity index (χ1v) is 6.54. The van der Waals surface area contributed by atoms with E-state index in [1.807, 2.05) is 12.1 Å². The van der Waals surface area contributed by atoms with Gasteiger partial charge in [0.2, 0.25) is 0 Å². The number of rotatable bonds is 5. The second-order valence-corrected chi connectivity index (χ2v) is 4.29. The van der Waals surface area contributed by atoms with Crippen LogP contribution in [0.3, 0.4) is 0 Å². The minimum atomic E-state index is 0.317. The van der Waals surface area contributed by atoms with E-state index >= 15 is 0 Å². The van der Waals surface area contributed by atoms with Gasteiger partial charge >= 0.3 is 0 Å². The highest BCUT2D eigenvalue weighted by atomic mass is 16.5. The molecular formula is C13H21N3O2. The van der Waals surface area contributed by atoms with Gasteiger partial charge in [-0.05, 0) is 31.9 Å². The van der Waals surface area contributed by atoms with Gasteiger partial charge in [-0.3, -0.25) is 0 Å². The minimum Gasteiger partial charge on any atom is -0.467 e. The average Bonchev–Trinajstić information content (AvgIpc) is 3.05. The number of nitrogens with zero attached hydrogens (tertiary/aromatic N) is 1. The van der Waals surface area contributed by atoms with Crippen LogP contribution in [0.4, 0.5) is 0 Å². The molecular weight excluding hydrogens is 230 g/mol. The van der Waals surface area contributed by atoms with Gasteiger partial charge in [-0.25, -0.2) is 4.99 Å². The van der Waals surface area contributed by atoms with Gasteiger partial charge in [0.1, 0.15) is 12.3 Å². The number of hydrogen-bond acceptors (Lipinski definition) is 3. The van der Waals surface area contributed by atoms with E-state index in [1.54, 1.807) is 6.26 Å². The fraction of sp³-hybridized carbons (Fsp3) is 0.615. The zero-order valence-corrected chi connectivity index (χ0v) is 10.8. The third-order valence-corrected chi connectivity index (χ3v) is 2.84. The third kappa shape index (κ3) is 4.07. The fourth-order valence-corrected chi connectivity index (χ4v) is 1.92.